The van der Waals surface area contributed by atoms with Crippen molar-refractivity contribution < 1.29 is 4.79 Å². The van der Waals surface area contributed by atoms with Gasteiger partial charge >= 0.3 is 6.03 Å². The second kappa shape index (κ2) is 6.95. The predicted octanol–water partition coefficient (Wildman–Crippen LogP) is 3.79. The molecule has 1 aliphatic rings. The highest BCUT2D eigenvalue weighted by Gasteiger charge is 2.16. The van der Waals surface area contributed by atoms with Crippen molar-refractivity contribution in [3.8, 4) is 0 Å². The number of aromatic nitrogens is 2. The number of piperidine rings is 1. The number of nitrogens with zero attached hydrogens (tertiary/aromatic N) is 3. The van der Waals surface area contributed by atoms with E-state index < -0.39 is 0 Å². The second-order valence-corrected chi connectivity index (χ2v) is 6.85. The van der Waals surface area contributed by atoms with Crippen molar-refractivity contribution in [1.29, 1.82) is 0 Å². The van der Waals surface area contributed by atoms with E-state index in [1.807, 2.05) is 26.0 Å². The largest absolute Gasteiger partial charge is 0.347 e. The molecule has 0 atom stereocenters. The minimum absolute atomic E-state index is 0.295. The maximum atomic E-state index is 12.1. The SMILES string of the molecule is Cc1cc(C)cc(NC(=O)Nc2nnc(N3CCCCC3)s2)c1. The van der Waals surface area contributed by atoms with Crippen molar-refractivity contribution in [1.82, 2.24) is 10.2 Å². The molecular formula is C16H21N5OS. The number of nitrogens with one attached hydrogen (secondary N) is 2. The summed E-state index contributed by atoms with van der Waals surface area (Å²) >= 11 is 1.42. The Labute approximate surface area is 139 Å². The maximum Gasteiger partial charge on any atom is 0.325 e. The van der Waals surface area contributed by atoms with Crippen molar-refractivity contribution in [3.63, 3.8) is 0 Å². The Morgan fingerprint density at radius 2 is 1.74 bits per heavy atom. The third kappa shape index (κ3) is 4.19. The van der Waals surface area contributed by atoms with Gasteiger partial charge in [-0.1, -0.05) is 17.4 Å². The van der Waals surface area contributed by atoms with E-state index in [-0.39, 0.29) is 6.03 Å². The van der Waals surface area contributed by atoms with Gasteiger partial charge in [0.15, 0.2) is 0 Å². The molecular weight excluding hydrogens is 310 g/mol. The molecule has 0 saturated carbocycles. The minimum atomic E-state index is -0.295. The quantitative estimate of drug-likeness (QED) is 0.898. The Kier molecular flexibility index (Phi) is 4.76. The molecule has 1 saturated heterocycles. The summed E-state index contributed by atoms with van der Waals surface area (Å²) in [6.07, 6.45) is 3.66. The van der Waals surface area contributed by atoms with E-state index in [2.05, 4.69) is 31.8 Å². The molecule has 0 spiro atoms. The van der Waals surface area contributed by atoms with E-state index in [4.69, 9.17) is 0 Å². The Balaban J connectivity index is 1.60. The van der Waals surface area contributed by atoms with Gasteiger partial charge in [0.1, 0.15) is 0 Å². The lowest BCUT2D eigenvalue weighted by Crippen LogP contribution is -2.29. The summed E-state index contributed by atoms with van der Waals surface area (Å²) in [6, 6.07) is 5.65. The van der Waals surface area contributed by atoms with Crippen LogP contribution in [0.5, 0.6) is 0 Å². The van der Waals surface area contributed by atoms with Crippen LogP contribution in [0.4, 0.5) is 20.7 Å². The third-order valence-electron chi connectivity index (χ3n) is 3.74. The number of aryl methyl sites for hydroxylation is 2. The Morgan fingerprint density at radius 1 is 1.04 bits per heavy atom. The lowest BCUT2D eigenvalue weighted by atomic mass is 10.1. The number of urea groups is 1. The smallest absolute Gasteiger partial charge is 0.325 e. The third-order valence-corrected chi connectivity index (χ3v) is 4.64. The number of hydrogen-bond acceptors (Lipinski definition) is 5. The van der Waals surface area contributed by atoms with Crippen LogP contribution in [0.25, 0.3) is 0 Å². The van der Waals surface area contributed by atoms with Gasteiger partial charge in [0.2, 0.25) is 10.3 Å². The normalized spacial score (nSPS) is 14.6. The molecule has 23 heavy (non-hydrogen) atoms. The second-order valence-electron chi connectivity index (χ2n) is 5.89. The summed E-state index contributed by atoms with van der Waals surface area (Å²) < 4.78 is 0. The number of amides is 2. The first-order valence-electron chi connectivity index (χ1n) is 7.85. The standard InChI is InChI=1S/C16H21N5OS/c1-11-8-12(2)10-13(9-11)17-14(22)18-15-19-20-16(23-15)21-6-4-3-5-7-21/h8-10H,3-7H2,1-2H3,(H2,17,18,19,22). The average Bonchev–Trinajstić information content (AvgIpc) is 2.95. The Bertz CT molecular complexity index is 673. The molecule has 2 amide bonds. The molecule has 2 N–H and O–H groups in total. The predicted molar refractivity (Wildman–Crippen MR) is 94.5 cm³/mol. The van der Waals surface area contributed by atoms with Gasteiger partial charge in [0, 0.05) is 18.8 Å². The van der Waals surface area contributed by atoms with Crippen molar-refractivity contribution in [2.24, 2.45) is 0 Å². The van der Waals surface area contributed by atoms with E-state index in [1.165, 1.54) is 30.6 Å². The highest BCUT2D eigenvalue weighted by molar-refractivity contribution is 7.19. The van der Waals surface area contributed by atoms with Crippen LogP contribution in [-0.4, -0.2) is 29.3 Å². The number of rotatable bonds is 3. The molecule has 1 aliphatic heterocycles. The lowest BCUT2D eigenvalue weighted by Gasteiger charge is -2.25. The van der Waals surface area contributed by atoms with Crippen molar-refractivity contribution in [2.75, 3.05) is 28.6 Å². The van der Waals surface area contributed by atoms with Crippen LogP contribution in [0, 0.1) is 13.8 Å². The fourth-order valence-electron chi connectivity index (χ4n) is 2.79. The van der Waals surface area contributed by atoms with Crippen LogP contribution in [0.2, 0.25) is 0 Å². The highest BCUT2D eigenvalue weighted by atomic mass is 32.1. The molecule has 122 valence electrons. The van der Waals surface area contributed by atoms with Crippen LogP contribution >= 0.6 is 11.3 Å². The van der Waals surface area contributed by atoms with Gasteiger partial charge < -0.3 is 10.2 Å². The van der Waals surface area contributed by atoms with Gasteiger partial charge in [-0.05, 0) is 56.4 Å². The first-order chi connectivity index (χ1) is 11.1. The molecule has 0 unspecified atom stereocenters. The molecule has 2 heterocycles. The van der Waals surface area contributed by atoms with Crippen LogP contribution in [0.1, 0.15) is 30.4 Å². The summed E-state index contributed by atoms with van der Waals surface area (Å²) in [5.74, 6) is 0. The molecule has 1 fully saturated rings. The van der Waals surface area contributed by atoms with Crippen LogP contribution < -0.4 is 15.5 Å². The summed E-state index contributed by atoms with van der Waals surface area (Å²) in [5, 5.41) is 15.2. The minimum Gasteiger partial charge on any atom is -0.347 e. The topological polar surface area (TPSA) is 70.1 Å². The Hall–Kier alpha value is -2.15. The van der Waals surface area contributed by atoms with Gasteiger partial charge in [0.25, 0.3) is 0 Å². The van der Waals surface area contributed by atoms with E-state index >= 15 is 0 Å². The average molecular weight is 331 g/mol. The monoisotopic (exact) mass is 331 g/mol. The van der Waals surface area contributed by atoms with Crippen molar-refractivity contribution in [3.05, 3.63) is 29.3 Å². The summed E-state index contributed by atoms with van der Waals surface area (Å²) in [6.45, 7) is 6.05. The van der Waals surface area contributed by atoms with Gasteiger partial charge in [0.05, 0.1) is 0 Å². The molecule has 1 aromatic carbocycles. The maximum absolute atomic E-state index is 12.1. The van der Waals surface area contributed by atoms with Crippen molar-refractivity contribution in [2.45, 2.75) is 33.1 Å². The molecule has 0 bridgehead atoms. The summed E-state index contributed by atoms with van der Waals surface area (Å²) in [7, 11) is 0. The number of carbonyl (C=O) groups excluding carboxylic acids is 1. The van der Waals surface area contributed by atoms with E-state index in [0.29, 0.717) is 5.13 Å². The fourth-order valence-corrected chi connectivity index (χ4v) is 3.58. The highest BCUT2D eigenvalue weighted by Crippen LogP contribution is 2.26. The van der Waals surface area contributed by atoms with Gasteiger partial charge in [-0.3, -0.25) is 5.32 Å². The lowest BCUT2D eigenvalue weighted by molar-refractivity contribution is 0.262. The summed E-state index contributed by atoms with van der Waals surface area (Å²) in [4.78, 5) is 14.3. The van der Waals surface area contributed by atoms with E-state index in [1.54, 1.807) is 0 Å². The van der Waals surface area contributed by atoms with Crippen LogP contribution in [0.15, 0.2) is 18.2 Å². The first-order valence-corrected chi connectivity index (χ1v) is 8.66. The molecule has 6 nitrogen and oxygen atoms in total. The zero-order valence-corrected chi connectivity index (χ0v) is 14.2. The summed E-state index contributed by atoms with van der Waals surface area (Å²) in [5.41, 5.74) is 3.01. The van der Waals surface area contributed by atoms with Gasteiger partial charge in [-0.25, -0.2) is 4.79 Å². The Morgan fingerprint density at radius 3 is 2.43 bits per heavy atom. The molecule has 7 heteroatoms. The molecule has 0 aliphatic carbocycles. The van der Waals surface area contributed by atoms with Gasteiger partial charge in [-0.15, -0.1) is 10.2 Å². The van der Waals surface area contributed by atoms with E-state index in [0.717, 1.165) is 35.0 Å². The fraction of sp³-hybridized carbons (Fsp3) is 0.438. The number of hydrogen-bond donors (Lipinski definition) is 2. The molecule has 0 radical (unpaired) electrons. The zero-order chi connectivity index (χ0) is 16.2. The van der Waals surface area contributed by atoms with Gasteiger partial charge in [-0.2, -0.15) is 0 Å². The van der Waals surface area contributed by atoms with Crippen LogP contribution in [-0.2, 0) is 0 Å². The molecule has 1 aromatic heterocycles. The zero-order valence-electron chi connectivity index (χ0n) is 13.4. The van der Waals surface area contributed by atoms with Crippen molar-refractivity contribution >= 4 is 33.3 Å². The number of carbonyl (C=O) groups is 1. The van der Waals surface area contributed by atoms with E-state index in [9.17, 15) is 4.79 Å². The number of benzene rings is 1. The first kappa shape index (κ1) is 15.7. The molecule has 2 aromatic rings. The number of anilines is 3. The molecule has 3 rings (SSSR count). The van der Waals surface area contributed by atoms with Crippen LogP contribution in [0.3, 0.4) is 0 Å².